The van der Waals surface area contributed by atoms with Crippen LogP contribution in [-0.2, 0) is 11.2 Å². The summed E-state index contributed by atoms with van der Waals surface area (Å²) < 4.78 is 0.894. The first-order valence-corrected chi connectivity index (χ1v) is 13.4. The van der Waals surface area contributed by atoms with Crippen molar-refractivity contribution in [1.29, 1.82) is 0 Å². The Balaban J connectivity index is 1.26. The summed E-state index contributed by atoms with van der Waals surface area (Å²) in [5, 5.41) is 2.17. The van der Waals surface area contributed by atoms with Crippen LogP contribution in [0.15, 0.2) is 64.5 Å². The summed E-state index contributed by atoms with van der Waals surface area (Å²) in [4.78, 5) is 33.7. The maximum Gasteiger partial charge on any atom is 0.254 e. The van der Waals surface area contributed by atoms with Gasteiger partial charge in [0.25, 0.3) is 5.91 Å². The fourth-order valence-corrected chi connectivity index (χ4v) is 6.34. The number of thiophene rings is 1. The smallest absolute Gasteiger partial charge is 0.254 e. The standard InChI is InChI=1S/C27H28BrN3O2S/c1-19-5-2-3-8-22(19)26-23-10-16-34-24(23)9-11-31(26)18-25(32)29-12-14-30(15-13-29)27(33)20-6-4-7-21(28)17-20/h2-8,10,16-17,26H,9,11-15,18H2,1H3/t26-/m0/s1. The predicted molar refractivity (Wildman–Crippen MR) is 139 cm³/mol. The molecule has 1 saturated heterocycles. The SMILES string of the molecule is Cc1ccccc1[C@H]1c2ccsc2CCN1CC(=O)N1CCN(C(=O)c2cccc(Br)c2)CC1. The first kappa shape index (κ1) is 23.3. The van der Waals surface area contributed by atoms with E-state index >= 15 is 0 Å². The predicted octanol–water partition coefficient (Wildman–Crippen LogP) is 4.75. The largest absolute Gasteiger partial charge is 0.338 e. The molecule has 2 aliphatic heterocycles. The zero-order chi connectivity index (χ0) is 23.7. The van der Waals surface area contributed by atoms with E-state index in [1.165, 1.54) is 21.6 Å². The maximum absolute atomic E-state index is 13.3. The highest BCUT2D eigenvalue weighted by Gasteiger charge is 2.33. The Morgan fingerprint density at radius 3 is 2.47 bits per heavy atom. The van der Waals surface area contributed by atoms with E-state index in [0.717, 1.165) is 17.4 Å². The molecule has 0 spiro atoms. The van der Waals surface area contributed by atoms with Gasteiger partial charge in [0.05, 0.1) is 12.6 Å². The van der Waals surface area contributed by atoms with Crippen molar-refractivity contribution in [3.63, 3.8) is 0 Å². The van der Waals surface area contributed by atoms with Crippen molar-refractivity contribution >= 4 is 39.1 Å². The minimum Gasteiger partial charge on any atom is -0.338 e. The molecule has 0 bridgehead atoms. The van der Waals surface area contributed by atoms with Crippen LogP contribution < -0.4 is 0 Å². The first-order valence-electron chi connectivity index (χ1n) is 11.7. The highest BCUT2D eigenvalue weighted by atomic mass is 79.9. The molecular formula is C27H28BrN3O2S. The van der Waals surface area contributed by atoms with E-state index in [-0.39, 0.29) is 17.9 Å². The lowest BCUT2D eigenvalue weighted by Crippen LogP contribution is -2.53. The summed E-state index contributed by atoms with van der Waals surface area (Å²) in [6.07, 6.45) is 0.984. The average molecular weight is 539 g/mol. The second-order valence-corrected chi connectivity index (χ2v) is 10.9. The number of piperazine rings is 1. The number of carbonyl (C=O) groups is 2. The monoisotopic (exact) mass is 537 g/mol. The van der Waals surface area contributed by atoms with Gasteiger partial charge in [0, 0.05) is 47.6 Å². The van der Waals surface area contributed by atoms with Crippen molar-refractivity contribution in [3.8, 4) is 0 Å². The topological polar surface area (TPSA) is 43.9 Å². The maximum atomic E-state index is 13.3. The Kier molecular flexibility index (Phi) is 6.86. The van der Waals surface area contributed by atoms with Crippen LogP contribution in [0.2, 0.25) is 0 Å². The Labute approximate surface area is 213 Å². The Morgan fingerprint density at radius 2 is 1.71 bits per heavy atom. The Hall–Kier alpha value is -2.48. The molecule has 2 aliphatic rings. The molecule has 3 heterocycles. The van der Waals surface area contributed by atoms with Gasteiger partial charge in [-0.2, -0.15) is 0 Å². The number of rotatable bonds is 4. The second kappa shape index (κ2) is 10.0. The average Bonchev–Trinajstić information content (AvgIpc) is 3.33. The lowest BCUT2D eigenvalue weighted by molar-refractivity contribution is -0.134. The summed E-state index contributed by atoms with van der Waals surface area (Å²) in [7, 11) is 0. The van der Waals surface area contributed by atoms with Crippen LogP contribution in [-0.4, -0.2) is 65.8 Å². The first-order chi connectivity index (χ1) is 16.5. The molecule has 5 rings (SSSR count). The van der Waals surface area contributed by atoms with Crippen LogP contribution in [0.5, 0.6) is 0 Å². The van der Waals surface area contributed by atoms with Crippen LogP contribution in [0.3, 0.4) is 0 Å². The molecule has 34 heavy (non-hydrogen) atoms. The molecule has 3 aromatic rings. The molecule has 1 fully saturated rings. The van der Waals surface area contributed by atoms with E-state index in [9.17, 15) is 9.59 Å². The molecule has 1 atom stereocenters. The fourth-order valence-electron chi connectivity index (χ4n) is 5.03. The number of aryl methyl sites for hydroxylation is 1. The minimum absolute atomic E-state index is 0.0223. The van der Waals surface area contributed by atoms with E-state index in [1.807, 2.05) is 45.4 Å². The molecule has 0 N–H and O–H groups in total. The van der Waals surface area contributed by atoms with Crippen LogP contribution in [0.1, 0.15) is 38.0 Å². The van der Waals surface area contributed by atoms with Crippen LogP contribution >= 0.6 is 27.3 Å². The molecule has 0 aliphatic carbocycles. The van der Waals surface area contributed by atoms with Crippen LogP contribution in [0.4, 0.5) is 0 Å². The molecule has 5 nitrogen and oxygen atoms in total. The fraction of sp³-hybridized carbons (Fsp3) is 0.333. The molecule has 2 aromatic carbocycles. The van der Waals surface area contributed by atoms with Gasteiger partial charge in [-0.25, -0.2) is 0 Å². The third kappa shape index (κ3) is 4.69. The van der Waals surface area contributed by atoms with Gasteiger partial charge in [-0.3, -0.25) is 14.5 Å². The zero-order valence-electron chi connectivity index (χ0n) is 19.2. The number of fused-ring (bicyclic) bond motifs is 1. The number of benzene rings is 2. The van der Waals surface area contributed by atoms with E-state index in [1.54, 1.807) is 0 Å². The molecule has 176 valence electrons. The van der Waals surface area contributed by atoms with Crippen molar-refractivity contribution in [1.82, 2.24) is 14.7 Å². The van der Waals surface area contributed by atoms with Gasteiger partial charge in [0.2, 0.25) is 5.91 Å². The number of carbonyl (C=O) groups excluding carboxylic acids is 2. The summed E-state index contributed by atoms with van der Waals surface area (Å²) in [6.45, 7) is 5.70. The molecule has 0 unspecified atom stereocenters. The molecule has 0 saturated carbocycles. The van der Waals surface area contributed by atoms with Gasteiger partial charge in [-0.05, 0) is 59.7 Å². The van der Waals surface area contributed by atoms with Crippen molar-refractivity contribution in [2.45, 2.75) is 19.4 Å². The van der Waals surface area contributed by atoms with E-state index in [4.69, 9.17) is 0 Å². The van der Waals surface area contributed by atoms with Crippen molar-refractivity contribution in [2.24, 2.45) is 0 Å². The summed E-state index contributed by atoms with van der Waals surface area (Å²) >= 11 is 5.25. The summed E-state index contributed by atoms with van der Waals surface area (Å²) in [5.74, 6) is 0.167. The van der Waals surface area contributed by atoms with Gasteiger partial charge in [0.15, 0.2) is 0 Å². The number of halogens is 1. The minimum atomic E-state index is 0.0223. The third-order valence-corrected chi connectivity index (χ3v) is 8.37. The molecule has 1 aromatic heterocycles. The van der Waals surface area contributed by atoms with Crippen molar-refractivity contribution in [2.75, 3.05) is 39.3 Å². The molecule has 0 radical (unpaired) electrons. The van der Waals surface area contributed by atoms with Crippen LogP contribution in [0, 0.1) is 6.92 Å². The van der Waals surface area contributed by atoms with Gasteiger partial charge >= 0.3 is 0 Å². The third-order valence-electron chi connectivity index (χ3n) is 6.88. The number of nitrogens with zero attached hydrogens (tertiary/aromatic N) is 3. The van der Waals surface area contributed by atoms with Crippen molar-refractivity contribution in [3.05, 3.63) is 91.6 Å². The lowest BCUT2D eigenvalue weighted by Gasteiger charge is -2.39. The molecular weight excluding hydrogens is 510 g/mol. The number of hydrogen-bond acceptors (Lipinski definition) is 4. The Morgan fingerprint density at radius 1 is 0.941 bits per heavy atom. The van der Waals surface area contributed by atoms with Crippen molar-refractivity contribution < 1.29 is 9.59 Å². The van der Waals surface area contributed by atoms with Crippen LogP contribution in [0.25, 0.3) is 0 Å². The van der Waals surface area contributed by atoms with Gasteiger partial charge < -0.3 is 9.80 Å². The van der Waals surface area contributed by atoms with E-state index < -0.39 is 0 Å². The zero-order valence-corrected chi connectivity index (χ0v) is 21.6. The normalized spacial score (nSPS) is 18.6. The lowest BCUT2D eigenvalue weighted by atomic mass is 9.90. The van der Waals surface area contributed by atoms with Gasteiger partial charge in [0.1, 0.15) is 0 Å². The summed E-state index contributed by atoms with van der Waals surface area (Å²) in [6, 6.07) is 18.3. The summed E-state index contributed by atoms with van der Waals surface area (Å²) in [5.41, 5.74) is 4.54. The van der Waals surface area contributed by atoms with E-state index in [0.29, 0.717) is 38.3 Å². The molecule has 7 heteroatoms. The Bertz CT molecular complexity index is 1200. The molecule has 2 amide bonds. The highest BCUT2D eigenvalue weighted by Crippen LogP contribution is 2.38. The number of hydrogen-bond donors (Lipinski definition) is 0. The van der Waals surface area contributed by atoms with E-state index in [2.05, 4.69) is 63.5 Å². The quantitative estimate of drug-likeness (QED) is 0.482. The number of amides is 2. The van der Waals surface area contributed by atoms with Gasteiger partial charge in [-0.15, -0.1) is 11.3 Å². The second-order valence-electron chi connectivity index (χ2n) is 8.96. The highest BCUT2D eigenvalue weighted by molar-refractivity contribution is 9.10. The van der Waals surface area contributed by atoms with Gasteiger partial charge in [-0.1, -0.05) is 46.3 Å².